The summed E-state index contributed by atoms with van der Waals surface area (Å²) in [6.45, 7) is 6.32. The summed E-state index contributed by atoms with van der Waals surface area (Å²) in [5, 5.41) is 3.13. The van der Waals surface area contributed by atoms with Crippen molar-refractivity contribution in [2.75, 3.05) is 13.1 Å². The van der Waals surface area contributed by atoms with Crippen molar-refractivity contribution in [1.29, 1.82) is 0 Å². The van der Waals surface area contributed by atoms with Crippen molar-refractivity contribution in [3.8, 4) is 5.75 Å². The summed E-state index contributed by atoms with van der Waals surface area (Å²) in [5.74, 6) is 1.51. The number of benzene rings is 1. The summed E-state index contributed by atoms with van der Waals surface area (Å²) in [6, 6.07) is 11.8. The second kappa shape index (κ2) is 9.40. The molecule has 1 aromatic heterocycles. The molecule has 0 bridgehead atoms. The highest BCUT2D eigenvalue weighted by atomic mass is 16.5. The number of carbonyl (C=O) groups excluding carboxylic acids is 1. The average Bonchev–Trinajstić information content (AvgIpc) is 3.51. The quantitative estimate of drug-likeness (QED) is 0.707. The van der Waals surface area contributed by atoms with Crippen LogP contribution in [0, 0.1) is 5.92 Å². The van der Waals surface area contributed by atoms with Crippen LogP contribution in [-0.2, 0) is 6.61 Å². The van der Waals surface area contributed by atoms with Crippen LogP contribution in [0.4, 0.5) is 4.79 Å². The van der Waals surface area contributed by atoms with E-state index in [1.807, 2.05) is 48.2 Å². The zero-order valence-corrected chi connectivity index (χ0v) is 16.2. The fourth-order valence-electron chi connectivity index (χ4n) is 3.02. The molecule has 1 N–H and O–H groups in total. The van der Waals surface area contributed by atoms with Crippen LogP contribution in [0.25, 0.3) is 0 Å². The molecule has 1 aliphatic carbocycles. The average molecular weight is 367 g/mol. The molecule has 144 valence electrons. The first-order chi connectivity index (χ1) is 13.2. The van der Waals surface area contributed by atoms with Crippen LogP contribution < -0.4 is 10.1 Å². The maximum Gasteiger partial charge on any atom is 0.317 e. The van der Waals surface area contributed by atoms with Crippen LogP contribution in [0.1, 0.15) is 50.3 Å². The summed E-state index contributed by atoms with van der Waals surface area (Å²) in [6.07, 6.45) is 7.04. The lowest BCUT2D eigenvalue weighted by molar-refractivity contribution is 0.192. The van der Waals surface area contributed by atoms with E-state index in [4.69, 9.17) is 4.74 Å². The van der Waals surface area contributed by atoms with Gasteiger partial charge in [-0.1, -0.05) is 25.1 Å². The zero-order chi connectivity index (χ0) is 19.1. The first-order valence-electron chi connectivity index (χ1n) is 9.82. The molecule has 0 saturated heterocycles. The highest BCUT2D eigenvalue weighted by Crippen LogP contribution is 2.30. The molecule has 2 aromatic rings. The number of pyridine rings is 1. The predicted octanol–water partition coefficient (Wildman–Crippen LogP) is 4.55. The Morgan fingerprint density at radius 3 is 2.70 bits per heavy atom. The molecule has 5 heteroatoms. The van der Waals surface area contributed by atoms with Crippen LogP contribution in [0.15, 0.2) is 48.8 Å². The van der Waals surface area contributed by atoms with Crippen LogP contribution in [0.3, 0.4) is 0 Å². The van der Waals surface area contributed by atoms with Gasteiger partial charge in [-0.25, -0.2) is 4.79 Å². The minimum absolute atomic E-state index is 0.0353. The lowest BCUT2D eigenvalue weighted by Gasteiger charge is -2.25. The van der Waals surface area contributed by atoms with Gasteiger partial charge in [0.05, 0.1) is 6.04 Å². The number of urea groups is 1. The van der Waals surface area contributed by atoms with Gasteiger partial charge in [0.1, 0.15) is 12.4 Å². The number of hydrogen-bond donors (Lipinski definition) is 1. The number of ether oxygens (including phenoxy) is 1. The first kappa shape index (κ1) is 19.2. The highest BCUT2D eigenvalue weighted by Gasteiger charge is 2.26. The molecule has 3 rings (SSSR count). The largest absolute Gasteiger partial charge is 0.489 e. The molecular formula is C22H29N3O2. The molecule has 1 unspecified atom stereocenters. The Morgan fingerprint density at radius 1 is 1.30 bits per heavy atom. The van der Waals surface area contributed by atoms with Gasteiger partial charge >= 0.3 is 6.03 Å². The number of amides is 2. The Labute approximate surface area is 161 Å². The fraction of sp³-hybridized carbons (Fsp3) is 0.455. The molecule has 2 amide bonds. The van der Waals surface area contributed by atoms with E-state index >= 15 is 0 Å². The molecule has 0 aliphatic heterocycles. The van der Waals surface area contributed by atoms with E-state index < -0.39 is 0 Å². The molecule has 27 heavy (non-hydrogen) atoms. The Hall–Kier alpha value is -2.56. The predicted molar refractivity (Wildman–Crippen MR) is 107 cm³/mol. The van der Waals surface area contributed by atoms with Gasteiger partial charge in [-0.05, 0) is 55.9 Å². The normalized spacial score (nSPS) is 14.4. The number of hydrogen-bond acceptors (Lipinski definition) is 3. The van der Waals surface area contributed by atoms with Crippen molar-refractivity contribution in [2.45, 2.75) is 45.8 Å². The Bertz CT molecular complexity index is 714. The molecule has 1 saturated carbocycles. The minimum Gasteiger partial charge on any atom is -0.489 e. The van der Waals surface area contributed by atoms with Gasteiger partial charge in [0.15, 0.2) is 0 Å². The van der Waals surface area contributed by atoms with E-state index in [0.29, 0.717) is 12.5 Å². The number of carbonyl (C=O) groups is 1. The number of nitrogens with one attached hydrogen (secondary N) is 1. The maximum atomic E-state index is 12.6. The smallest absolute Gasteiger partial charge is 0.317 e. The summed E-state index contributed by atoms with van der Waals surface area (Å²) >= 11 is 0. The summed E-state index contributed by atoms with van der Waals surface area (Å²) in [7, 11) is 0. The van der Waals surface area contributed by atoms with Crippen molar-refractivity contribution in [3.63, 3.8) is 0 Å². The molecule has 5 nitrogen and oxygen atoms in total. The van der Waals surface area contributed by atoms with Crippen molar-refractivity contribution in [3.05, 3.63) is 59.9 Å². The molecule has 0 radical (unpaired) electrons. The first-order valence-corrected chi connectivity index (χ1v) is 9.82. The number of rotatable bonds is 9. The highest BCUT2D eigenvalue weighted by molar-refractivity contribution is 5.74. The topological polar surface area (TPSA) is 54.5 Å². The van der Waals surface area contributed by atoms with Crippen molar-refractivity contribution in [2.24, 2.45) is 5.92 Å². The van der Waals surface area contributed by atoms with E-state index in [2.05, 4.69) is 17.2 Å². The maximum absolute atomic E-state index is 12.6. The van der Waals surface area contributed by atoms with Gasteiger partial charge in [-0.2, -0.15) is 0 Å². The molecule has 1 aliphatic rings. The van der Waals surface area contributed by atoms with E-state index in [1.165, 1.54) is 12.8 Å². The van der Waals surface area contributed by atoms with Crippen molar-refractivity contribution >= 4 is 6.03 Å². The monoisotopic (exact) mass is 367 g/mol. The standard InChI is InChI=1S/C22H29N3O2/c1-3-13-25(15-18-6-7-18)22(26)24-17(2)20-8-10-21(11-9-20)27-16-19-5-4-12-23-14-19/h4-5,8-12,14,17-18H,3,6-7,13,15-16H2,1-2H3,(H,24,26). The third-order valence-corrected chi connectivity index (χ3v) is 4.80. The molecular weight excluding hydrogens is 338 g/mol. The van der Waals surface area contributed by atoms with E-state index in [1.54, 1.807) is 12.4 Å². The lowest BCUT2D eigenvalue weighted by atomic mass is 10.1. The number of aromatic nitrogens is 1. The van der Waals surface area contributed by atoms with E-state index in [9.17, 15) is 4.79 Å². The van der Waals surface area contributed by atoms with Crippen molar-refractivity contribution in [1.82, 2.24) is 15.2 Å². The molecule has 1 aromatic carbocycles. The van der Waals surface area contributed by atoms with Crippen LogP contribution in [-0.4, -0.2) is 29.0 Å². The molecule has 1 fully saturated rings. The second-order valence-electron chi connectivity index (χ2n) is 7.28. The molecule has 1 heterocycles. The zero-order valence-electron chi connectivity index (χ0n) is 16.2. The molecule has 0 spiro atoms. The SMILES string of the molecule is CCCN(CC1CC1)C(=O)NC(C)c1ccc(OCc2cccnc2)cc1. The lowest BCUT2D eigenvalue weighted by Crippen LogP contribution is -2.42. The van der Waals surface area contributed by atoms with E-state index in [0.717, 1.165) is 36.4 Å². The number of nitrogens with zero attached hydrogens (tertiary/aromatic N) is 2. The van der Waals surface area contributed by atoms with Gasteiger partial charge in [0.2, 0.25) is 0 Å². The Balaban J connectivity index is 1.51. The summed E-state index contributed by atoms with van der Waals surface area (Å²) in [5.41, 5.74) is 2.11. The second-order valence-corrected chi connectivity index (χ2v) is 7.28. The van der Waals surface area contributed by atoms with Gasteiger partial charge < -0.3 is 15.0 Å². The van der Waals surface area contributed by atoms with Crippen LogP contribution >= 0.6 is 0 Å². The third kappa shape index (κ3) is 5.98. The van der Waals surface area contributed by atoms with E-state index in [-0.39, 0.29) is 12.1 Å². The fourth-order valence-corrected chi connectivity index (χ4v) is 3.02. The molecule has 1 atom stereocenters. The van der Waals surface area contributed by atoms with Gasteiger partial charge in [-0.3, -0.25) is 4.98 Å². The van der Waals surface area contributed by atoms with Gasteiger partial charge in [-0.15, -0.1) is 0 Å². The van der Waals surface area contributed by atoms with Gasteiger partial charge in [0.25, 0.3) is 0 Å². The Kier molecular flexibility index (Phi) is 6.69. The summed E-state index contributed by atoms with van der Waals surface area (Å²) in [4.78, 5) is 18.6. The van der Waals surface area contributed by atoms with Crippen LogP contribution in [0.2, 0.25) is 0 Å². The van der Waals surface area contributed by atoms with Crippen LogP contribution in [0.5, 0.6) is 5.75 Å². The van der Waals surface area contributed by atoms with Crippen molar-refractivity contribution < 1.29 is 9.53 Å². The minimum atomic E-state index is -0.0385. The Morgan fingerprint density at radius 2 is 2.07 bits per heavy atom. The third-order valence-electron chi connectivity index (χ3n) is 4.80. The van der Waals surface area contributed by atoms with Gasteiger partial charge in [0, 0.05) is 31.0 Å². The summed E-state index contributed by atoms with van der Waals surface area (Å²) < 4.78 is 5.79.